The van der Waals surface area contributed by atoms with E-state index in [0.29, 0.717) is 169 Å². The van der Waals surface area contributed by atoms with Gasteiger partial charge in [0.25, 0.3) is 11.8 Å². The van der Waals surface area contributed by atoms with Crippen molar-refractivity contribution >= 4 is 151 Å². The van der Waals surface area contributed by atoms with Gasteiger partial charge < -0.3 is 69.5 Å². The Kier molecular flexibility index (Phi) is 32.2. The SMILES string of the molecule is NC(N)=NCCC[C@@H]1N[C@H](CNC(=O)c2ccc3ccccc3c2)CCN(Cc2cc(F)cc(Cl)c2)C1=O.NCC[C@@H]1N[C@H](CNC(=O)/C=C/c2ccc(Cl)cc2)CCN(Cc2cc(Cl)cc(Cl)c2)C1=O.NCC[C@@H]1N[C@H](CNC(=O)c2ccc(Cl)c(Cl)c2)CCN(Cc2cc(Cl)cc(Cl)c2)C1=O. The van der Waals surface area contributed by atoms with Crippen LogP contribution in [0.25, 0.3) is 16.8 Å². The third-order valence-electron chi connectivity index (χ3n) is 17.2. The molecule has 0 aromatic heterocycles. The molecule has 7 aromatic rings. The first-order chi connectivity index (χ1) is 49.4. The predicted molar refractivity (Wildman–Crippen MR) is 412 cm³/mol. The van der Waals surface area contributed by atoms with Crippen molar-refractivity contribution in [2.75, 3.05) is 58.9 Å². The van der Waals surface area contributed by atoms with E-state index in [1.165, 1.54) is 24.3 Å². The third kappa shape index (κ3) is 26.4. The summed E-state index contributed by atoms with van der Waals surface area (Å²) in [5, 5.41) is 24.7. The van der Waals surface area contributed by atoms with E-state index in [1.54, 1.807) is 81.4 Å². The van der Waals surface area contributed by atoms with Crippen LogP contribution in [0, 0.1) is 5.82 Å². The Morgan fingerprint density at radius 1 is 0.495 bits per heavy atom. The average molecular weight is 1570 g/mol. The van der Waals surface area contributed by atoms with Crippen LogP contribution >= 0.6 is 92.8 Å². The molecule has 0 spiro atoms. The third-order valence-corrected chi connectivity index (χ3v) is 19.2. The van der Waals surface area contributed by atoms with Gasteiger partial charge in [-0.05, 0) is 194 Å². The van der Waals surface area contributed by atoms with Crippen LogP contribution in [0.2, 0.25) is 40.2 Å². The fourth-order valence-corrected chi connectivity index (χ4v) is 13.9. The van der Waals surface area contributed by atoms with Crippen molar-refractivity contribution in [3.05, 3.63) is 225 Å². The molecule has 6 atom stereocenters. The first-order valence-electron chi connectivity index (χ1n) is 33.6. The van der Waals surface area contributed by atoms with Gasteiger partial charge in [-0.15, -0.1) is 0 Å². The molecule has 103 heavy (non-hydrogen) atoms. The molecule has 3 saturated heterocycles. The number of hydrogen-bond donors (Lipinski definition) is 10. The minimum absolute atomic E-state index is 0.00374. The Labute approximate surface area is 639 Å². The molecule has 10 rings (SSSR count). The summed E-state index contributed by atoms with van der Waals surface area (Å²) in [5.74, 6) is -1.25. The number of carbonyl (C=O) groups is 6. The van der Waals surface area contributed by atoms with E-state index < -0.39 is 23.9 Å². The number of rotatable bonds is 24. The van der Waals surface area contributed by atoms with Gasteiger partial charge in [0.15, 0.2) is 5.96 Å². The molecular formula is C74H83Cl8FN14O6. The van der Waals surface area contributed by atoms with E-state index in [0.717, 1.165) is 27.5 Å². The summed E-state index contributed by atoms with van der Waals surface area (Å²) in [6, 6.07) is 38.5. The molecule has 3 aliphatic heterocycles. The molecule has 0 aliphatic carbocycles. The summed E-state index contributed by atoms with van der Waals surface area (Å²) >= 11 is 48.3. The number of amides is 6. The van der Waals surface area contributed by atoms with Gasteiger partial charge >= 0.3 is 0 Å². The van der Waals surface area contributed by atoms with E-state index in [-0.39, 0.29) is 71.1 Å². The van der Waals surface area contributed by atoms with Gasteiger partial charge in [-0.2, -0.15) is 0 Å². The van der Waals surface area contributed by atoms with Crippen LogP contribution < -0.4 is 54.8 Å². The van der Waals surface area contributed by atoms with Gasteiger partial charge in [-0.1, -0.05) is 135 Å². The van der Waals surface area contributed by atoms with Crippen molar-refractivity contribution < 1.29 is 33.2 Å². The lowest BCUT2D eigenvalue weighted by atomic mass is 10.1. The summed E-state index contributed by atoms with van der Waals surface area (Å²) in [6.45, 7) is 4.78. The van der Waals surface area contributed by atoms with E-state index in [2.05, 4.69) is 36.9 Å². The molecule has 0 saturated carbocycles. The Morgan fingerprint density at radius 3 is 1.40 bits per heavy atom. The lowest BCUT2D eigenvalue weighted by Crippen LogP contribution is -2.49. The molecule has 3 heterocycles. The van der Waals surface area contributed by atoms with Crippen molar-refractivity contribution in [1.82, 2.24) is 46.6 Å². The summed E-state index contributed by atoms with van der Waals surface area (Å²) in [5.41, 5.74) is 26.5. The highest BCUT2D eigenvalue weighted by molar-refractivity contribution is 6.42. The van der Waals surface area contributed by atoms with Crippen LogP contribution in [0.3, 0.4) is 0 Å². The van der Waals surface area contributed by atoms with Crippen LogP contribution in [0.4, 0.5) is 4.39 Å². The number of nitrogens with zero attached hydrogens (tertiary/aromatic N) is 4. The molecule has 7 aromatic carbocycles. The van der Waals surface area contributed by atoms with Gasteiger partial charge in [0.1, 0.15) is 5.82 Å². The van der Waals surface area contributed by atoms with Crippen LogP contribution in [-0.4, -0.2) is 151 Å². The predicted octanol–water partition coefficient (Wildman–Crippen LogP) is 11.2. The normalized spacial score (nSPS) is 18.6. The second-order valence-electron chi connectivity index (χ2n) is 25.1. The van der Waals surface area contributed by atoms with Crippen molar-refractivity contribution in [2.24, 2.45) is 27.9 Å². The minimum Gasteiger partial charge on any atom is -0.370 e. The number of aliphatic imine (C=N–C) groups is 1. The molecule has 3 fully saturated rings. The van der Waals surface area contributed by atoms with Gasteiger partial charge in [0.05, 0.1) is 28.2 Å². The maximum Gasteiger partial charge on any atom is 0.251 e. The summed E-state index contributed by atoms with van der Waals surface area (Å²) in [4.78, 5) is 86.6. The largest absolute Gasteiger partial charge is 0.370 e. The summed E-state index contributed by atoms with van der Waals surface area (Å²) < 4.78 is 13.9. The van der Waals surface area contributed by atoms with Gasteiger partial charge in [-0.25, -0.2) is 4.39 Å². The van der Waals surface area contributed by atoms with Crippen molar-refractivity contribution in [3.63, 3.8) is 0 Å². The number of benzene rings is 7. The Balaban J connectivity index is 0.000000197. The maximum atomic E-state index is 13.9. The topological polar surface area (TPSA) is 301 Å². The number of hydrogen-bond acceptors (Lipinski definition) is 12. The van der Waals surface area contributed by atoms with Gasteiger partial charge in [-0.3, -0.25) is 33.8 Å². The zero-order chi connectivity index (χ0) is 74.1. The highest BCUT2D eigenvalue weighted by Crippen LogP contribution is 2.27. The summed E-state index contributed by atoms with van der Waals surface area (Å²) in [7, 11) is 0. The monoisotopic (exact) mass is 1560 g/mol. The van der Waals surface area contributed by atoms with Crippen LogP contribution in [0.1, 0.15) is 87.9 Å². The Morgan fingerprint density at radius 2 is 0.932 bits per heavy atom. The zero-order valence-corrected chi connectivity index (χ0v) is 62.3. The average Bonchev–Trinajstić information content (AvgIpc) is 1.37. The van der Waals surface area contributed by atoms with Gasteiger partial charge in [0, 0.05) is 131 Å². The number of carbonyl (C=O) groups excluding carboxylic acids is 6. The maximum absolute atomic E-state index is 13.9. The molecule has 3 aliphatic rings. The van der Waals surface area contributed by atoms with Crippen LogP contribution in [0.5, 0.6) is 0 Å². The Bertz CT molecular complexity index is 4080. The number of nitrogens with one attached hydrogen (secondary N) is 6. The molecular weight excluding hydrogens is 1480 g/mol. The first-order valence-corrected chi connectivity index (χ1v) is 36.6. The zero-order valence-electron chi connectivity index (χ0n) is 56.3. The van der Waals surface area contributed by atoms with E-state index in [1.807, 2.05) is 60.7 Å². The fraction of sp³-hybridized carbons (Fsp3) is 0.338. The number of halogens is 9. The van der Waals surface area contributed by atoms with E-state index >= 15 is 0 Å². The van der Waals surface area contributed by atoms with E-state index in [4.69, 9.17) is 116 Å². The summed E-state index contributed by atoms with van der Waals surface area (Å²) in [6.07, 6.45) is 7.25. The molecule has 548 valence electrons. The van der Waals surface area contributed by atoms with Crippen LogP contribution in [-0.2, 0) is 38.8 Å². The first kappa shape index (κ1) is 81.4. The number of guanidine groups is 1. The Hall–Kier alpha value is -7.32. The van der Waals surface area contributed by atoms with Crippen molar-refractivity contribution in [3.8, 4) is 0 Å². The second-order valence-corrected chi connectivity index (χ2v) is 28.5. The molecule has 0 radical (unpaired) electrons. The lowest BCUT2D eigenvalue weighted by molar-refractivity contribution is -0.134. The highest BCUT2D eigenvalue weighted by Gasteiger charge is 2.34. The standard InChI is InChI=1S/C28H32ClFN6O2.C24H27Cl3N4O2.C22H24Cl4N4O2/c29-22-12-18(13-23(30)15-22)17-36-11-9-24(35-25(27(36)38)6-3-10-33-28(31)32)16-34-26(37)21-8-7-19-4-1-2-5-20(19)14-21;25-18-4-1-16(2-5-18)3-6-23(32)29-14-21-8-10-31(24(33)22(30-21)7-9-28)15-17-11-19(26)13-20(27)12-17;23-15-7-13(8-16(24)10-15)12-30-6-4-17(29-20(3-5-27)22(30)32)11-28-21(31)14-1-2-18(25)19(26)9-14/h1-2,4-5,7-8,12-15,24-25,35H,3,6,9-11,16-17H2,(H,34,37)(H4,31,32,33);1-6,11-13,21-22,30H,7-10,14-15,28H2,(H,29,32);1-2,7-10,17,20,29H,3-6,11-12,27H2,(H,28,31)/b;6-3+;/t24-,25-;21-,22-;17-,20-/m000/s1. The van der Waals surface area contributed by atoms with Crippen molar-refractivity contribution in [1.29, 1.82) is 0 Å². The quantitative estimate of drug-likeness (QED) is 0.0117. The minimum atomic E-state index is -0.502. The van der Waals surface area contributed by atoms with Crippen LogP contribution in [0.15, 0.2) is 151 Å². The number of fused-ring (bicyclic) bond motifs is 1. The number of nitrogens with two attached hydrogens (primary N) is 4. The second kappa shape index (κ2) is 40.8. The molecule has 0 bridgehead atoms. The molecule has 6 amide bonds. The molecule has 29 heteroatoms. The van der Waals surface area contributed by atoms with E-state index in [9.17, 15) is 33.2 Å². The van der Waals surface area contributed by atoms with Crippen molar-refractivity contribution in [2.45, 2.75) is 101 Å². The highest BCUT2D eigenvalue weighted by atomic mass is 35.5. The molecule has 0 unspecified atom stereocenters. The molecule has 14 N–H and O–H groups in total. The van der Waals surface area contributed by atoms with Gasteiger partial charge in [0.2, 0.25) is 23.6 Å². The smallest absolute Gasteiger partial charge is 0.251 e. The fourth-order valence-electron chi connectivity index (χ4n) is 12.1. The lowest BCUT2D eigenvalue weighted by Gasteiger charge is -2.25. The molecule has 20 nitrogen and oxygen atoms in total.